The van der Waals surface area contributed by atoms with Crippen molar-refractivity contribution in [2.75, 3.05) is 14.2 Å². The third-order valence-corrected chi connectivity index (χ3v) is 4.59. The molecule has 0 saturated carbocycles. The van der Waals surface area contributed by atoms with Crippen molar-refractivity contribution in [2.45, 2.75) is 6.61 Å². The molecule has 0 bridgehead atoms. The lowest BCUT2D eigenvalue weighted by Crippen LogP contribution is -1.99. The molecule has 0 fully saturated rings. The molecule has 3 rings (SSSR count). The van der Waals surface area contributed by atoms with Crippen molar-refractivity contribution in [1.29, 1.82) is 5.26 Å². The van der Waals surface area contributed by atoms with Gasteiger partial charge in [-0.15, -0.1) is 0 Å². The first-order valence-corrected chi connectivity index (χ1v) is 9.33. The van der Waals surface area contributed by atoms with Crippen LogP contribution in [0, 0.1) is 11.3 Å². The zero-order valence-corrected chi connectivity index (χ0v) is 16.9. The largest absolute Gasteiger partial charge is 0.497 e. The second kappa shape index (κ2) is 9.68. The van der Waals surface area contributed by atoms with Gasteiger partial charge in [0.15, 0.2) is 11.5 Å². The maximum absolute atomic E-state index is 9.59. The van der Waals surface area contributed by atoms with Crippen LogP contribution in [-0.4, -0.2) is 14.2 Å². The van der Waals surface area contributed by atoms with E-state index in [1.165, 1.54) is 0 Å². The Labute approximate surface area is 175 Å². The highest BCUT2D eigenvalue weighted by atomic mass is 35.5. The Kier molecular flexibility index (Phi) is 6.78. The first-order valence-electron chi connectivity index (χ1n) is 8.95. The molecular weight excluding hydrogens is 386 g/mol. The van der Waals surface area contributed by atoms with Crippen molar-refractivity contribution in [3.63, 3.8) is 0 Å². The van der Waals surface area contributed by atoms with Crippen LogP contribution >= 0.6 is 11.6 Å². The van der Waals surface area contributed by atoms with E-state index in [0.717, 1.165) is 22.4 Å². The van der Waals surface area contributed by atoms with E-state index in [0.29, 0.717) is 28.7 Å². The Bertz CT molecular complexity index is 1040. The fourth-order valence-corrected chi connectivity index (χ4v) is 3.08. The number of methoxy groups -OCH3 is 2. The lowest BCUT2D eigenvalue weighted by molar-refractivity contribution is 0.284. The van der Waals surface area contributed by atoms with Gasteiger partial charge in [0, 0.05) is 0 Å². The summed E-state index contributed by atoms with van der Waals surface area (Å²) in [5.74, 6) is 1.71. The summed E-state index contributed by atoms with van der Waals surface area (Å²) in [7, 11) is 3.16. The van der Waals surface area contributed by atoms with Gasteiger partial charge >= 0.3 is 0 Å². The van der Waals surface area contributed by atoms with Crippen LogP contribution in [0.4, 0.5) is 0 Å². The van der Waals surface area contributed by atoms with Crippen molar-refractivity contribution in [2.24, 2.45) is 0 Å². The van der Waals surface area contributed by atoms with Crippen molar-refractivity contribution in [3.05, 3.63) is 88.4 Å². The maximum atomic E-state index is 9.59. The highest BCUT2D eigenvalue weighted by molar-refractivity contribution is 6.32. The minimum absolute atomic E-state index is 0.376. The van der Waals surface area contributed by atoms with E-state index in [1.54, 1.807) is 32.4 Å². The van der Waals surface area contributed by atoms with Crippen molar-refractivity contribution in [3.8, 4) is 23.3 Å². The maximum Gasteiger partial charge on any atom is 0.180 e. The second-order valence-corrected chi connectivity index (χ2v) is 6.61. The minimum Gasteiger partial charge on any atom is -0.497 e. The Hall–Kier alpha value is -3.42. The normalized spacial score (nSPS) is 10.9. The zero-order valence-electron chi connectivity index (χ0n) is 16.2. The summed E-state index contributed by atoms with van der Waals surface area (Å²) in [6, 6.07) is 22.9. The van der Waals surface area contributed by atoms with E-state index < -0.39 is 0 Å². The van der Waals surface area contributed by atoms with E-state index in [1.807, 2.05) is 54.6 Å². The summed E-state index contributed by atoms with van der Waals surface area (Å²) in [4.78, 5) is 0. The van der Waals surface area contributed by atoms with Gasteiger partial charge in [-0.25, -0.2) is 0 Å². The first-order chi connectivity index (χ1) is 14.1. The van der Waals surface area contributed by atoms with Crippen LogP contribution in [0.5, 0.6) is 17.2 Å². The predicted octanol–water partition coefficient (Wildman–Crippen LogP) is 6.00. The van der Waals surface area contributed by atoms with Crippen LogP contribution in [0.25, 0.3) is 11.6 Å². The van der Waals surface area contributed by atoms with Gasteiger partial charge in [0.25, 0.3) is 0 Å². The van der Waals surface area contributed by atoms with Crippen molar-refractivity contribution in [1.82, 2.24) is 0 Å². The molecule has 0 saturated heterocycles. The molecule has 0 N–H and O–H groups in total. The molecule has 0 aliphatic carbocycles. The number of ether oxygens (including phenoxy) is 3. The molecule has 3 aromatic rings. The monoisotopic (exact) mass is 405 g/mol. The van der Waals surface area contributed by atoms with Gasteiger partial charge in [0.2, 0.25) is 0 Å². The Morgan fingerprint density at radius 2 is 1.72 bits per heavy atom. The summed E-state index contributed by atoms with van der Waals surface area (Å²) in [6.07, 6.45) is 1.76. The number of nitrogens with zero attached hydrogens (tertiary/aromatic N) is 1. The number of benzene rings is 3. The molecule has 0 spiro atoms. The van der Waals surface area contributed by atoms with Gasteiger partial charge in [-0.1, -0.05) is 41.9 Å². The van der Waals surface area contributed by atoms with E-state index in [-0.39, 0.29) is 0 Å². The first kappa shape index (κ1) is 20.3. The van der Waals surface area contributed by atoms with Gasteiger partial charge in [-0.05, 0) is 59.2 Å². The number of rotatable bonds is 7. The summed E-state index contributed by atoms with van der Waals surface area (Å²) in [5.41, 5.74) is 3.06. The van der Waals surface area contributed by atoms with Crippen LogP contribution in [-0.2, 0) is 6.61 Å². The molecular formula is C24H20ClNO3. The lowest BCUT2D eigenvalue weighted by Gasteiger charge is -2.13. The Morgan fingerprint density at radius 3 is 2.34 bits per heavy atom. The van der Waals surface area contributed by atoms with Crippen LogP contribution < -0.4 is 14.2 Å². The molecule has 0 radical (unpaired) electrons. The predicted molar refractivity (Wildman–Crippen MR) is 115 cm³/mol. The molecule has 0 aromatic heterocycles. The molecule has 4 nitrogen and oxygen atoms in total. The molecule has 146 valence electrons. The van der Waals surface area contributed by atoms with Crippen LogP contribution in [0.1, 0.15) is 16.7 Å². The molecule has 0 unspecified atom stereocenters. The third-order valence-electron chi connectivity index (χ3n) is 4.31. The zero-order chi connectivity index (χ0) is 20.6. The van der Waals surface area contributed by atoms with Gasteiger partial charge in [-0.2, -0.15) is 5.26 Å². The molecule has 0 aliphatic heterocycles. The van der Waals surface area contributed by atoms with Crippen molar-refractivity contribution < 1.29 is 14.2 Å². The quantitative estimate of drug-likeness (QED) is 0.357. The average molecular weight is 406 g/mol. The van der Waals surface area contributed by atoms with E-state index >= 15 is 0 Å². The third kappa shape index (κ3) is 5.10. The van der Waals surface area contributed by atoms with E-state index in [2.05, 4.69) is 6.07 Å². The standard InChI is InChI=1S/C24H20ClNO3/c1-27-21-10-8-19(9-11-21)20(15-26)12-18-13-22(25)24(23(14-18)28-2)29-16-17-6-4-3-5-7-17/h3-14H,16H2,1-2H3/b20-12+. The summed E-state index contributed by atoms with van der Waals surface area (Å²) in [6.45, 7) is 0.376. The number of halogens is 1. The van der Waals surface area contributed by atoms with E-state index in [9.17, 15) is 5.26 Å². The topological polar surface area (TPSA) is 51.5 Å². The SMILES string of the molecule is COc1ccc(/C(C#N)=C/c2cc(Cl)c(OCc3ccccc3)c(OC)c2)cc1. The van der Waals surface area contributed by atoms with E-state index in [4.69, 9.17) is 25.8 Å². The van der Waals surface area contributed by atoms with Crippen LogP contribution in [0.15, 0.2) is 66.7 Å². The molecule has 5 heteroatoms. The summed E-state index contributed by atoms with van der Waals surface area (Å²) < 4.78 is 16.5. The smallest absolute Gasteiger partial charge is 0.180 e. The van der Waals surface area contributed by atoms with Crippen LogP contribution in [0.2, 0.25) is 5.02 Å². The summed E-state index contributed by atoms with van der Waals surface area (Å²) in [5, 5.41) is 10.0. The molecule has 0 atom stereocenters. The van der Waals surface area contributed by atoms with Crippen LogP contribution in [0.3, 0.4) is 0 Å². The highest BCUT2D eigenvalue weighted by Gasteiger charge is 2.13. The number of hydrogen-bond donors (Lipinski definition) is 0. The Balaban J connectivity index is 1.88. The van der Waals surface area contributed by atoms with Gasteiger partial charge < -0.3 is 14.2 Å². The average Bonchev–Trinajstić information content (AvgIpc) is 2.77. The molecule has 0 heterocycles. The molecule has 0 aliphatic rings. The number of hydrogen-bond acceptors (Lipinski definition) is 4. The fourth-order valence-electron chi connectivity index (χ4n) is 2.81. The molecule has 0 amide bonds. The Morgan fingerprint density at radius 1 is 1.00 bits per heavy atom. The number of allylic oxidation sites excluding steroid dienone is 1. The van der Waals surface area contributed by atoms with Gasteiger partial charge in [-0.3, -0.25) is 0 Å². The highest BCUT2D eigenvalue weighted by Crippen LogP contribution is 2.38. The minimum atomic E-state index is 0.376. The fraction of sp³-hybridized carbons (Fsp3) is 0.125. The number of nitriles is 1. The lowest BCUT2D eigenvalue weighted by atomic mass is 10.0. The second-order valence-electron chi connectivity index (χ2n) is 6.21. The molecule has 29 heavy (non-hydrogen) atoms. The summed E-state index contributed by atoms with van der Waals surface area (Å²) >= 11 is 6.46. The molecule has 3 aromatic carbocycles. The van der Waals surface area contributed by atoms with Gasteiger partial charge in [0.1, 0.15) is 12.4 Å². The van der Waals surface area contributed by atoms with Gasteiger partial charge in [0.05, 0.1) is 30.9 Å². The van der Waals surface area contributed by atoms with Crippen molar-refractivity contribution >= 4 is 23.3 Å².